The highest BCUT2D eigenvalue weighted by molar-refractivity contribution is 5.56. The molecule has 2 aromatic rings. The minimum Gasteiger partial charge on any atom is -0.399 e. The van der Waals surface area contributed by atoms with Crippen LogP contribution in [-0.2, 0) is 6.42 Å². The SMILES string of the molecule is Nc1ccc2c(c1)CCC2Nc1cc([N+](=O)[O-])ccc1F. The van der Waals surface area contributed by atoms with Gasteiger partial charge < -0.3 is 11.1 Å². The van der Waals surface area contributed by atoms with E-state index in [1.54, 1.807) is 0 Å². The van der Waals surface area contributed by atoms with E-state index in [4.69, 9.17) is 5.73 Å². The van der Waals surface area contributed by atoms with Gasteiger partial charge in [0.2, 0.25) is 0 Å². The third-order valence-electron chi connectivity index (χ3n) is 3.74. The number of nitrogens with two attached hydrogens (primary N) is 1. The first-order chi connectivity index (χ1) is 10.0. The average molecular weight is 287 g/mol. The van der Waals surface area contributed by atoms with Crippen LogP contribution in [0.4, 0.5) is 21.5 Å². The maximum absolute atomic E-state index is 13.8. The van der Waals surface area contributed by atoms with Crippen molar-refractivity contribution in [1.82, 2.24) is 0 Å². The molecule has 1 aliphatic rings. The van der Waals surface area contributed by atoms with Crippen LogP contribution in [0.3, 0.4) is 0 Å². The number of fused-ring (bicyclic) bond motifs is 1. The Morgan fingerprint density at radius 1 is 1.29 bits per heavy atom. The molecule has 0 amide bonds. The first-order valence-corrected chi connectivity index (χ1v) is 6.63. The molecule has 3 N–H and O–H groups in total. The Morgan fingerprint density at radius 3 is 2.86 bits per heavy atom. The summed E-state index contributed by atoms with van der Waals surface area (Å²) in [5, 5.41) is 13.8. The first-order valence-electron chi connectivity index (χ1n) is 6.63. The summed E-state index contributed by atoms with van der Waals surface area (Å²) >= 11 is 0. The highest BCUT2D eigenvalue weighted by atomic mass is 19.1. The number of aryl methyl sites for hydroxylation is 1. The summed E-state index contributed by atoms with van der Waals surface area (Å²) in [5.41, 5.74) is 8.68. The van der Waals surface area contributed by atoms with Gasteiger partial charge in [-0.05, 0) is 42.2 Å². The van der Waals surface area contributed by atoms with Crippen LogP contribution in [0.1, 0.15) is 23.6 Å². The summed E-state index contributed by atoms with van der Waals surface area (Å²) in [5.74, 6) is -0.496. The molecule has 0 radical (unpaired) electrons. The topological polar surface area (TPSA) is 81.2 Å². The number of anilines is 2. The van der Waals surface area contributed by atoms with Gasteiger partial charge in [0.1, 0.15) is 5.82 Å². The van der Waals surface area contributed by atoms with Gasteiger partial charge in [0, 0.05) is 17.8 Å². The van der Waals surface area contributed by atoms with E-state index < -0.39 is 10.7 Å². The van der Waals surface area contributed by atoms with Crippen LogP contribution in [-0.4, -0.2) is 4.92 Å². The Bertz CT molecular complexity index is 718. The normalized spacial score (nSPS) is 16.5. The van der Waals surface area contributed by atoms with Crippen molar-refractivity contribution < 1.29 is 9.31 Å². The fourth-order valence-electron chi connectivity index (χ4n) is 2.71. The minimum absolute atomic E-state index is 0.0582. The van der Waals surface area contributed by atoms with E-state index >= 15 is 0 Å². The minimum atomic E-state index is -0.534. The predicted octanol–water partition coefficient (Wildman–Crippen LogP) is 3.42. The van der Waals surface area contributed by atoms with E-state index in [0.717, 1.165) is 36.1 Å². The zero-order valence-corrected chi connectivity index (χ0v) is 11.2. The van der Waals surface area contributed by atoms with E-state index in [9.17, 15) is 14.5 Å². The number of nitrogens with one attached hydrogen (secondary N) is 1. The number of nitrogens with zero attached hydrogens (tertiary/aromatic N) is 1. The van der Waals surface area contributed by atoms with Crippen LogP contribution in [0.15, 0.2) is 36.4 Å². The lowest BCUT2D eigenvalue weighted by Crippen LogP contribution is -2.09. The largest absolute Gasteiger partial charge is 0.399 e. The molecular weight excluding hydrogens is 273 g/mol. The lowest BCUT2D eigenvalue weighted by Gasteiger charge is -2.16. The molecule has 1 atom stereocenters. The number of benzene rings is 2. The van der Waals surface area contributed by atoms with Crippen molar-refractivity contribution >= 4 is 17.1 Å². The fourth-order valence-corrected chi connectivity index (χ4v) is 2.71. The van der Waals surface area contributed by atoms with Gasteiger partial charge in [-0.2, -0.15) is 0 Å². The molecule has 0 spiro atoms. The zero-order valence-electron chi connectivity index (χ0n) is 11.2. The van der Waals surface area contributed by atoms with Crippen molar-refractivity contribution in [2.45, 2.75) is 18.9 Å². The van der Waals surface area contributed by atoms with Crippen molar-refractivity contribution in [1.29, 1.82) is 0 Å². The second-order valence-electron chi connectivity index (χ2n) is 5.12. The monoisotopic (exact) mass is 287 g/mol. The molecule has 6 heteroatoms. The fraction of sp³-hybridized carbons (Fsp3) is 0.200. The number of hydrogen-bond donors (Lipinski definition) is 2. The lowest BCUT2D eigenvalue weighted by molar-refractivity contribution is -0.384. The molecule has 0 saturated carbocycles. The molecule has 5 nitrogen and oxygen atoms in total. The average Bonchev–Trinajstić information content (AvgIpc) is 2.83. The second-order valence-corrected chi connectivity index (χ2v) is 5.12. The third kappa shape index (κ3) is 2.52. The number of nitrogen functional groups attached to an aromatic ring is 1. The highest BCUT2D eigenvalue weighted by Crippen LogP contribution is 2.36. The molecule has 21 heavy (non-hydrogen) atoms. The molecule has 0 heterocycles. The van der Waals surface area contributed by atoms with Crippen molar-refractivity contribution in [2.24, 2.45) is 0 Å². The van der Waals surface area contributed by atoms with Gasteiger partial charge in [0.05, 0.1) is 16.7 Å². The molecule has 0 saturated heterocycles. The number of non-ortho nitro benzene ring substituents is 1. The number of hydrogen-bond acceptors (Lipinski definition) is 4. The Hall–Kier alpha value is -2.63. The Kier molecular flexibility index (Phi) is 3.21. The summed E-state index contributed by atoms with van der Waals surface area (Å²) in [6.45, 7) is 0. The Labute approximate surface area is 120 Å². The van der Waals surface area contributed by atoms with Crippen LogP contribution < -0.4 is 11.1 Å². The van der Waals surface area contributed by atoms with Crippen LogP contribution >= 0.6 is 0 Å². The summed E-state index contributed by atoms with van der Waals surface area (Å²) in [4.78, 5) is 10.2. The molecule has 108 valence electrons. The molecule has 1 unspecified atom stereocenters. The molecule has 0 fully saturated rings. The number of rotatable bonds is 3. The standard InChI is InChI=1S/C15H14FN3O2/c16-13-5-3-11(19(20)21)8-15(13)18-14-6-1-9-7-10(17)2-4-12(9)14/h2-5,7-8,14,18H,1,6,17H2. The first kappa shape index (κ1) is 13.4. The van der Waals surface area contributed by atoms with Crippen LogP contribution in [0.25, 0.3) is 0 Å². The molecule has 0 bridgehead atoms. The highest BCUT2D eigenvalue weighted by Gasteiger charge is 2.23. The van der Waals surface area contributed by atoms with Gasteiger partial charge in [0.15, 0.2) is 0 Å². The van der Waals surface area contributed by atoms with Gasteiger partial charge in [-0.25, -0.2) is 4.39 Å². The van der Waals surface area contributed by atoms with Crippen molar-refractivity contribution in [3.63, 3.8) is 0 Å². The lowest BCUT2D eigenvalue weighted by atomic mass is 10.1. The molecule has 0 aromatic heterocycles. The van der Waals surface area contributed by atoms with Gasteiger partial charge in [0.25, 0.3) is 5.69 Å². The third-order valence-corrected chi connectivity index (χ3v) is 3.74. The maximum atomic E-state index is 13.8. The molecule has 1 aliphatic carbocycles. The van der Waals surface area contributed by atoms with E-state index in [0.29, 0.717) is 5.69 Å². The Morgan fingerprint density at radius 2 is 2.10 bits per heavy atom. The van der Waals surface area contributed by atoms with E-state index in [2.05, 4.69) is 5.32 Å². The van der Waals surface area contributed by atoms with Gasteiger partial charge in [-0.3, -0.25) is 10.1 Å². The van der Waals surface area contributed by atoms with Gasteiger partial charge >= 0.3 is 0 Å². The van der Waals surface area contributed by atoms with Crippen LogP contribution in [0, 0.1) is 15.9 Å². The second kappa shape index (κ2) is 5.05. The number of nitro benzene ring substituents is 1. The van der Waals surface area contributed by atoms with Crippen LogP contribution in [0.5, 0.6) is 0 Å². The number of halogens is 1. The number of nitro groups is 1. The summed E-state index contributed by atoms with van der Waals surface area (Å²) < 4.78 is 13.8. The van der Waals surface area contributed by atoms with E-state index in [-0.39, 0.29) is 17.4 Å². The molecule has 2 aromatic carbocycles. The van der Waals surface area contributed by atoms with E-state index in [1.165, 1.54) is 6.07 Å². The van der Waals surface area contributed by atoms with Gasteiger partial charge in [-0.1, -0.05) is 6.07 Å². The predicted molar refractivity (Wildman–Crippen MR) is 78.6 cm³/mol. The summed E-state index contributed by atoms with van der Waals surface area (Å²) in [7, 11) is 0. The van der Waals surface area contributed by atoms with Crippen molar-refractivity contribution in [2.75, 3.05) is 11.1 Å². The van der Waals surface area contributed by atoms with E-state index in [1.807, 2.05) is 18.2 Å². The molecule has 3 rings (SSSR count). The quantitative estimate of drug-likeness (QED) is 0.515. The summed E-state index contributed by atoms with van der Waals surface area (Å²) in [6.07, 6.45) is 1.66. The zero-order chi connectivity index (χ0) is 15.0. The molecule has 0 aliphatic heterocycles. The maximum Gasteiger partial charge on any atom is 0.271 e. The summed E-state index contributed by atoms with van der Waals surface area (Å²) in [6, 6.07) is 9.08. The van der Waals surface area contributed by atoms with Crippen LogP contribution in [0.2, 0.25) is 0 Å². The van der Waals surface area contributed by atoms with Crippen molar-refractivity contribution in [3.05, 3.63) is 63.5 Å². The molecular formula is C15H14FN3O2. The smallest absolute Gasteiger partial charge is 0.271 e. The van der Waals surface area contributed by atoms with Crippen molar-refractivity contribution in [3.8, 4) is 0 Å². The van der Waals surface area contributed by atoms with Gasteiger partial charge in [-0.15, -0.1) is 0 Å². The Balaban J connectivity index is 1.89.